The molecule has 24 heavy (non-hydrogen) atoms. The highest BCUT2D eigenvalue weighted by molar-refractivity contribution is 7.10. The van der Waals surface area contributed by atoms with E-state index >= 15 is 0 Å². The molecule has 0 saturated carbocycles. The Morgan fingerprint density at radius 1 is 1.29 bits per heavy atom. The van der Waals surface area contributed by atoms with Crippen molar-refractivity contribution >= 4 is 28.2 Å². The maximum Gasteiger partial charge on any atom is 0.277 e. The standard InChI is InChI=1S/C17H19N5OS/c23-17-16-12(19-11-20-17)5-6-15(21-16)18-10-13(14-4-3-9-24-14)22-7-1-2-8-22/h3-6,9,11,13H,1-2,7-8,10H2,(H,18,21)(H,19,20,23). The van der Waals surface area contributed by atoms with Crippen LogP contribution in [-0.2, 0) is 0 Å². The lowest BCUT2D eigenvalue weighted by Gasteiger charge is -2.27. The Labute approximate surface area is 143 Å². The smallest absolute Gasteiger partial charge is 0.277 e. The maximum atomic E-state index is 11.9. The molecule has 0 radical (unpaired) electrons. The van der Waals surface area contributed by atoms with Gasteiger partial charge in [-0.1, -0.05) is 6.07 Å². The summed E-state index contributed by atoms with van der Waals surface area (Å²) in [5.74, 6) is 0.710. The van der Waals surface area contributed by atoms with Gasteiger partial charge in [-0.2, -0.15) is 0 Å². The largest absolute Gasteiger partial charge is 0.368 e. The first-order chi connectivity index (χ1) is 11.8. The van der Waals surface area contributed by atoms with Gasteiger partial charge in [0.15, 0.2) is 5.52 Å². The van der Waals surface area contributed by atoms with Crippen molar-refractivity contribution in [3.8, 4) is 0 Å². The number of pyridine rings is 1. The van der Waals surface area contributed by atoms with E-state index in [2.05, 4.69) is 42.7 Å². The Balaban J connectivity index is 1.55. The number of rotatable bonds is 5. The summed E-state index contributed by atoms with van der Waals surface area (Å²) in [7, 11) is 0. The normalized spacial score (nSPS) is 16.5. The Hall–Kier alpha value is -2.25. The number of likely N-dealkylation sites (tertiary alicyclic amines) is 1. The van der Waals surface area contributed by atoms with E-state index in [0.717, 1.165) is 19.6 Å². The lowest BCUT2D eigenvalue weighted by molar-refractivity contribution is 0.259. The van der Waals surface area contributed by atoms with Crippen LogP contribution in [0.15, 0.2) is 40.8 Å². The average Bonchev–Trinajstić information content (AvgIpc) is 3.30. The van der Waals surface area contributed by atoms with Crippen molar-refractivity contribution in [2.24, 2.45) is 0 Å². The third-order valence-electron chi connectivity index (χ3n) is 4.42. The molecular formula is C17H19N5OS. The molecule has 1 fully saturated rings. The Bertz CT molecular complexity index is 870. The molecule has 124 valence electrons. The van der Waals surface area contributed by atoms with E-state index in [1.165, 1.54) is 24.0 Å². The van der Waals surface area contributed by atoms with Crippen molar-refractivity contribution in [2.45, 2.75) is 18.9 Å². The van der Waals surface area contributed by atoms with Crippen LogP contribution in [0.5, 0.6) is 0 Å². The summed E-state index contributed by atoms with van der Waals surface area (Å²) >= 11 is 1.79. The van der Waals surface area contributed by atoms with Crippen LogP contribution in [0, 0.1) is 0 Å². The van der Waals surface area contributed by atoms with Gasteiger partial charge >= 0.3 is 0 Å². The Kier molecular flexibility index (Phi) is 4.27. The zero-order chi connectivity index (χ0) is 16.4. The number of aromatic amines is 1. The molecule has 2 N–H and O–H groups in total. The van der Waals surface area contributed by atoms with Crippen molar-refractivity contribution in [3.05, 3.63) is 51.2 Å². The van der Waals surface area contributed by atoms with E-state index in [4.69, 9.17) is 0 Å². The van der Waals surface area contributed by atoms with Crippen molar-refractivity contribution in [1.29, 1.82) is 0 Å². The van der Waals surface area contributed by atoms with E-state index in [9.17, 15) is 4.79 Å². The second-order valence-corrected chi connectivity index (χ2v) is 6.93. The second kappa shape index (κ2) is 6.70. The number of thiophene rings is 1. The topological polar surface area (TPSA) is 73.9 Å². The van der Waals surface area contributed by atoms with Crippen molar-refractivity contribution in [3.63, 3.8) is 0 Å². The maximum absolute atomic E-state index is 11.9. The third kappa shape index (κ3) is 3.05. The number of anilines is 1. The molecule has 0 amide bonds. The molecule has 1 unspecified atom stereocenters. The molecule has 4 heterocycles. The summed E-state index contributed by atoms with van der Waals surface area (Å²) in [5, 5.41) is 5.53. The third-order valence-corrected chi connectivity index (χ3v) is 5.39. The van der Waals surface area contributed by atoms with Crippen LogP contribution in [0.1, 0.15) is 23.8 Å². The van der Waals surface area contributed by atoms with Gasteiger partial charge < -0.3 is 10.3 Å². The number of fused-ring (bicyclic) bond motifs is 1. The molecule has 0 aliphatic carbocycles. The first kappa shape index (κ1) is 15.3. The predicted molar refractivity (Wildman–Crippen MR) is 96.5 cm³/mol. The predicted octanol–water partition coefficient (Wildman–Crippen LogP) is 2.63. The molecule has 1 atom stereocenters. The molecule has 1 aliphatic heterocycles. The summed E-state index contributed by atoms with van der Waals surface area (Å²) in [6.07, 6.45) is 3.92. The first-order valence-electron chi connectivity index (χ1n) is 8.17. The highest BCUT2D eigenvalue weighted by atomic mass is 32.1. The highest BCUT2D eigenvalue weighted by Crippen LogP contribution is 2.28. The zero-order valence-electron chi connectivity index (χ0n) is 13.2. The molecule has 0 spiro atoms. The summed E-state index contributed by atoms with van der Waals surface area (Å²) in [6, 6.07) is 8.35. The van der Waals surface area contributed by atoms with Gasteiger partial charge in [-0.15, -0.1) is 11.3 Å². The van der Waals surface area contributed by atoms with E-state index in [-0.39, 0.29) is 5.56 Å². The fourth-order valence-corrected chi connectivity index (χ4v) is 4.06. The van der Waals surface area contributed by atoms with Crippen molar-refractivity contribution in [1.82, 2.24) is 19.9 Å². The molecule has 6 nitrogen and oxygen atoms in total. The molecule has 3 aromatic rings. The summed E-state index contributed by atoms with van der Waals surface area (Å²) in [5.41, 5.74) is 0.771. The number of nitrogens with zero attached hydrogens (tertiary/aromatic N) is 3. The summed E-state index contributed by atoms with van der Waals surface area (Å²) < 4.78 is 0. The molecule has 0 aromatic carbocycles. The van der Waals surface area contributed by atoms with Gasteiger partial charge in [0.1, 0.15) is 5.82 Å². The van der Waals surface area contributed by atoms with Crippen LogP contribution < -0.4 is 10.9 Å². The van der Waals surface area contributed by atoms with Gasteiger partial charge in [-0.25, -0.2) is 9.97 Å². The van der Waals surface area contributed by atoms with E-state index < -0.39 is 0 Å². The fraction of sp³-hybridized carbons (Fsp3) is 0.353. The lowest BCUT2D eigenvalue weighted by atomic mass is 10.2. The number of hydrogen-bond acceptors (Lipinski definition) is 6. The average molecular weight is 341 g/mol. The van der Waals surface area contributed by atoms with Gasteiger partial charge in [0.2, 0.25) is 0 Å². The molecule has 0 bridgehead atoms. The van der Waals surface area contributed by atoms with Crippen LogP contribution in [-0.4, -0.2) is 39.5 Å². The van der Waals surface area contributed by atoms with Crippen LogP contribution in [0.4, 0.5) is 5.82 Å². The summed E-state index contributed by atoms with van der Waals surface area (Å²) in [6.45, 7) is 3.05. The monoisotopic (exact) mass is 341 g/mol. The number of nitrogens with one attached hydrogen (secondary N) is 2. The zero-order valence-corrected chi connectivity index (χ0v) is 14.1. The van der Waals surface area contributed by atoms with Gasteiger partial charge in [0.05, 0.1) is 17.9 Å². The number of H-pyrrole nitrogens is 1. The fourth-order valence-electron chi connectivity index (χ4n) is 3.20. The van der Waals surface area contributed by atoms with Gasteiger partial charge in [-0.3, -0.25) is 9.69 Å². The van der Waals surface area contributed by atoms with Crippen LogP contribution in [0.2, 0.25) is 0 Å². The Morgan fingerprint density at radius 3 is 2.96 bits per heavy atom. The van der Waals surface area contributed by atoms with Crippen molar-refractivity contribution < 1.29 is 0 Å². The number of aromatic nitrogens is 3. The molecule has 1 aliphatic rings. The van der Waals surface area contributed by atoms with Crippen LogP contribution in [0.25, 0.3) is 11.0 Å². The minimum absolute atomic E-state index is 0.210. The van der Waals surface area contributed by atoms with E-state index in [1.54, 1.807) is 11.3 Å². The number of hydrogen-bond donors (Lipinski definition) is 2. The minimum Gasteiger partial charge on any atom is -0.368 e. The highest BCUT2D eigenvalue weighted by Gasteiger charge is 2.24. The molecule has 1 saturated heterocycles. The second-order valence-electron chi connectivity index (χ2n) is 5.95. The lowest BCUT2D eigenvalue weighted by Crippen LogP contribution is -2.30. The quantitative estimate of drug-likeness (QED) is 0.746. The first-order valence-corrected chi connectivity index (χ1v) is 9.05. The molecule has 7 heteroatoms. The van der Waals surface area contributed by atoms with Gasteiger partial charge in [-0.05, 0) is 49.5 Å². The SMILES string of the molecule is O=c1[nH]cnc2ccc(NCC(c3cccs3)N3CCCC3)nc12. The van der Waals surface area contributed by atoms with Crippen LogP contribution in [0.3, 0.4) is 0 Å². The molecular weight excluding hydrogens is 322 g/mol. The van der Waals surface area contributed by atoms with Gasteiger partial charge in [0, 0.05) is 11.4 Å². The summed E-state index contributed by atoms with van der Waals surface area (Å²) in [4.78, 5) is 26.9. The van der Waals surface area contributed by atoms with E-state index in [1.807, 2.05) is 12.1 Å². The van der Waals surface area contributed by atoms with Gasteiger partial charge in [0.25, 0.3) is 5.56 Å². The van der Waals surface area contributed by atoms with Crippen LogP contribution >= 0.6 is 11.3 Å². The molecule has 4 rings (SSSR count). The Morgan fingerprint density at radius 2 is 2.17 bits per heavy atom. The molecule has 3 aromatic heterocycles. The van der Waals surface area contributed by atoms with E-state index in [0.29, 0.717) is 22.9 Å². The van der Waals surface area contributed by atoms with Crippen molar-refractivity contribution in [2.75, 3.05) is 25.0 Å². The minimum atomic E-state index is -0.210.